The van der Waals surface area contributed by atoms with Gasteiger partial charge in [0.1, 0.15) is 0 Å². The fourth-order valence-electron chi connectivity index (χ4n) is 3.56. The third-order valence-corrected chi connectivity index (χ3v) is 4.33. The predicted molar refractivity (Wildman–Crippen MR) is 82.3 cm³/mol. The molecule has 0 spiro atoms. The van der Waals surface area contributed by atoms with Crippen LogP contribution in [0.4, 0.5) is 0 Å². The third-order valence-electron chi connectivity index (χ3n) is 4.33. The summed E-state index contributed by atoms with van der Waals surface area (Å²) in [4.78, 5) is 0. The van der Waals surface area contributed by atoms with Gasteiger partial charge in [0.05, 0.1) is 0 Å². The van der Waals surface area contributed by atoms with Crippen LogP contribution in [0.25, 0.3) is 36.5 Å². The summed E-state index contributed by atoms with van der Waals surface area (Å²) in [7, 11) is 0. The topological polar surface area (TPSA) is 31.5 Å². The number of hydrogen-bond acceptors (Lipinski definition) is 0. The van der Waals surface area contributed by atoms with E-state index in [-0.39, 0.29) is 5.48 Å². The first-order chi connectivity index (χ1) is 8.95. The van der Waals surface area contributed by atoms with Gasteiger partial charge in [-0.25, -0.2) is 0 Å². The van der Waals surface area contributed by atoms with Crippen LogP contribution in [0.3, 0.4) is 0 Å². The molecule has 1 aromatic rings. The lowest BCUT2D eigenvalue weighted by Crippen LogP contribution is -2.66. The van der Waals surface area contributed by atoms with E-state index < -0.39 is 0 Å². The van der Waals surface area contributed by atoms with Crippen molar-refractivity contribution in [3.8, 4) is 0 Å². The Kier molecular flexibility index (Phi) is 3.16. The van der Waals surface area contributed by atoms with Crippen LogP contribution < -0.4 is 31.3 Å². The maximum absolute atomic E-state index is 2.45. The quantitative estimate of drug-likeness (QED) is 0.563. The fourth-order valence-corrected chi connectivity index (χ4v) is 3.56. The summed E-state index contributed by atoms with van der Waals surface area (Å²) in [5.74, 6) is 0. The van der Waals surface area contributed by atoms with E-state index in [1.165, 1.54) is 69.8 Å². The lowest BCUT2D eigenvalue weighted by molar-refractivity contribution is 0.824. The Balaban J connectivity index is 0.00000110. The average Bonchev–Trinajstić information content (AvgIpc) is 2.48. The molecular formula is C18H20O. The van der Waals surface area contributed by atoms with Crippen molar-refractivity contribution in [3.05, 3.63) is 31.3 Å². The number of benzene rings is 1. The molecule has 0 saturated carbocycles. The highest BCUT2D eigenvalue weighted by Crippen LogP contribution is 1.96. The highest BCUT2D eigenvalue weighted by Gasteiger charge is 2.05. The fraction of sp³-hybridized carbons (Fsp3) is 0.333. The third kappa shape index (κ3) is 1.81. The Morgan fingerprint density at radius 1 is 0.368 bits per heavy atom. The van der Waals surface area contributed by atoms with Crippen molar-refractivity contribution >= 4 is 36.5 Å². The summed E-state index contributed by atoms with van der Waals surface area (Å²) < 4.78 is 0. The molecule has 3 aliphatic rings. The molecule has 98 valence electrons. The molecule has 0 amide bonds. The van der Waals surface area contributed by atoms with Crippen LogP contribution in [0.1, 0.15) is 38.5 Å². The molecule has 1 aromatic carbocycles. The molecule has 1 heteroatoms. The van der Waals surface area contributed by atoms with Crippen LogP contribution in [0.5, 0.6) is 0 Å². The zero-order valence-electron chi connectivity index (χ0n) is 11.2. The first-order valence-corrected chi connectivity index (χ1v) is 7.18. The molecule has 0 atom stereocenters. The van der Waals surface area contributed by atoms with Gasteiger partial charge in [-0.15, -0.1) is 0 Å². The summed E-state index contributed by atoms with van der Waals surface area (Å²) in [5.41, 5.74) is 0. The standard InChI is InChI=1S/C18H18.H2O/c1-2-8-14-13(7-1)15-9-3-4-11-17(15)18-12-6-5-10-16(14)18;/h7-12H,1-6H2;1H2. The van der Waals surface area contributed by atoms with E-state index in [2.05, 4.69) is 36.5 Å². The van der Waals surface area contributed by atoms with Crippen molar-refractivity contribution < 1.29 is 5.48 Å². The zero-order valence-corrected chi connectivity index (χ0v) is 11.2. The summed E-state index contributed by atoms with van der Waals surface area (Å²) in [6.07, 6.45) is 21.9. The Labute approximate surface area is 112 Å². The molecule has 2 N–H and O–H groups in total. The average molecular weight is 252 g/mol. The van der Waals surface area contributed by atoms with Crippen molar-refractivity contribution in [3.63, 3.8) is 0 Å². The van der Waals surface area contributed by atoms with Crippen LogP contribution in [0, 0.1) is 0 Å². The van der Waals surface area contributed by atoms with Crippen LogP contribution in [-0.4, -0.2) is 5.48 Å². The molecule has 0 aromatic heterocycles. The molecule has 19 heavy (non-hydrogen) atoms. The van der Waals surface area contributed by atoms with Gasteiger partial charge in [0, 0.05) is 0 Å². The van der Waals surface area contributed by atoms with Gasteiger partial charge in [-0.2, -0.15) is 0 Å². The highest BCUT2D eigenvalue weighted by atomic mass is 16.0. The number of hydrogen-bond donors (Lipinski definition) is 0. The van der Waals surface area contributed by atoms with Crippen LogP contribution in [0.15, 0.2) is 0 Å². The Morgan fingerprint density at radius 2 is 0.526 bits per heavy atom. The van der Waals surface area contributed by atoms with Crippen molar-refractivity contribution in [1.29, 1.82) is 0 Å². The van der Waals surface area contributed by atoms with Gasteiger partial charge in [-0.05, 0) is 69.8 Å². The summed E-state index contributed by atoms with van der Waals surface area (Å²) >= 11 is 0. The smallest absolute Gasteiger partial charge is 0.0145 e. The molecule has 4 rings (SSSR count). The molecule has 0 heterocycles. The first kappa shape index (κ1) is 12.4. The van der Waals surface area contributed by atoms with Crippen molar-refractivity contribution in [1.82, 2.24) is 0 Å². The highest BCUT2D eigenvalue weighted by molar-refractivity contribution is 5.51. The molecule has 0 unspecified atom stereocenters. The zero-order chi connectivity index (χ0) is 11.9. The second-order valence-electron chi connectivity index (χ2n) is 5.44. The van der Waals surface area contributed by atoms with E-state index in [0.29, 0.717) is 0 Å². The van der Waals surface area contributed by atoms with Crippen LogP contribution in [0.2, 0.25) is 0 Å². The van der Waals surface area contributed by atoms with E-state index in [4.69, 9.17) is 0 Å². The minimum absolute atomic E-state index is 0. The van der Waals surface area contributed by atoms with Crippen molar-refractivity contribution in [2.75, 3.05) is 0 Å². The molecule has 3 aliphatic carbocycles. The monoisotopic (exact) mass is 252 g/mol. The normalized spacial score (nSPS) is 18.3. The van der Waals surface area contributed by atoms with E-state index in [0.717, 1.165) is 0 Å². The van der Waals surface area contributed by atoms with E-state index in [1.807, 2.05) is 0 Å². The molecule has 0 bridgehead atoms. The van der Waals surface area contributed by atoms with E-state index >= 15 is 0 Å². The maximum Gasteiger partial charge on any atom is -0.0145 e. The Bertz CT molecular complexity index is 638. The lowest BCUT2D eigenvalue weighted by atomic mass is 9.94. The minimum atomic E-state index is 0. The molecule has 1 nitrogen and oxygen atoms in total. The van der Waals surface area contributed by atoms with Gasteiger partial charge in [0.15, 0.2) is 0 Å². The van der Waals surface area contributed by atoms with Gasteiger partial charge in [0.2, 0.25) is 0 Å². The first-order valence-electron chi connectivity index (χ1n) is 7.18. The second-order valence-corrected chi connectivity index (χ2v) is 5.44. The van der Waals surface area contributed by atoms with Crippen molar-refractivity contribution in [2.24, 2.45) is 0 Å². The number of rotatable bonds is 0. The van der Waals surface area contributed by atoms with E-state index in [9.17, 15) is 0 Å². The second kappa shape index (κ2) is 4.82. The Morgan fingerprint density at radius 3 is 0.684 bits per heavy atom. The maximum atomic E-state index is 2.45. The molecule has 0 radical (unpaired) electrons. The van der Waals surface area contributed by atoms with Crippen molar-refractivity contribution in [2.45, 2.75) is 38.5 Å². The molecule has 0 aliphatic heterocycles. The Hall–Kier alpha value is -1.60. The van der Waals surface area contributed by atoms with Crippen LogP contribution in [-0.2, 0) is 0 Å². The largest absolute Gasteiger partial charge is 0.412 e. The van der Waals surface area contributed by atoms with Crippen LogP contribution >= 0.6 is 0 Å². The van der Waals surface area contributed by atoms with E-state index in [1.54, 1.807) is 0 Å². The van der Waals surface area contributed by atoms with Gasteiger partial charge in [-0.3, -0.25) is 0 Å². The summed E-state index contributed by atoms with van der Waals surface area (Å²) in [6, 6.07) is 0. The number of fused-ring (bicyclic) bond motifs is 6. The van der Waals surface area contributed by atoms with Gasteiger partial charge < -0.3 is 5.48 Å². The summed E-state index contributed by atoms with van der Waals surface area (Å²) in [6.45, 7) is 0. The van der Waals surface area contributed by atoms with Gasteiger partial charge in [0.25, 0.3) is 0 Å². The summed E-state index contributed by atoms with van der Waals surface area (Å²) in [5, 5.41) is 9.07. The SMILES string of the molecule is C1=c2c3c(c4c(c2=CCC1)=CCCC=4)=CCCC=3.O. The predicted octanol–water partition coefficient (Wildman–Crippen LogP) is -1.07. The lowest BCUT2D eigenvalue weighted by Gasteiger charge is -2.10. The van der Waals surface area contributed by atoms with Gasteiger partial charge >= 0.3 is 0 Å². The molecule has 0 saturated heterocycles. The molecule has 0 fully saturated rings. The van der Waals surface area contributed by atoms with Gasteiger partial charge in [-0.1, -0.05) is 36.5 Å². The molecular weight excluding hydrogens is 232 g/mol. The minimum Gasteiger partial charge on any atom is -0.412 e.